The van der Waals surface area contributed by atoms with E-state index in [0.29, 0.717) is 12.8 Å². The first-order chi connectivity index (χ1) is 13.0. The largest absolute Gasteiger partial charge is 0.356 e. The van der Waals surface area contributed by atoms with E-state index in [9.17, 15) is 10.1 Å². The maximum Gasteiger partial charge on any atom is 0.238 e. The van der Waals surface area contributed by atoms with E-state index in [2.05, 4.69) is 47.1 Å². The minimum Gasteiger partial charge on any atom is -0.356 e. The second-order valence-corrected chi connectivity index (χ2v) is 7.80. The summed E-state index contributed by atoms with van der Waals surface area (Å²) in [6.07, 6.45) is 10.6. The van der Waals surface area contributed by atoms with Gasteiger partial charge in [-0.15, -0.1) is 6.42 Å². The molecule has 0 radical (unpaired) electrons. The molecule has 2 aliphatic heterocycles. The van der Waals surface area contributed by atoms with Gasteiger partial charge in [-0.3, -0.25) is 4.79 Å². The molecule has 3 heterocycles. The van der Waals surface area contributed by atoms with Gasteiger partial charge < -0.3 is 15.1 Å². The van der Waals surface area contributed by atoms with Gasteiger partial charge in [-0.25, -0.2) is 4.98 Å². The fraction of sp³-hybridized carbons (Fsp3) is 0.571. The highest BCUT2D eigenvalue weighted by molar-refractivity contribution is 5.80. The number of pyridine rings is 1. The van der Waals surface area contributed by atoms with Crippen LogP contribution in [0.15, 0.2) is 18.3 Å². The molecule has 27 heavy (non-hydrogen) atoms. The summed E-state index contributed by atoms with van der Waals surface area (Å²) in [7, 11) is 0. The van der Waals surface area contributed by atoms with Crippen LogP contribution >= 0.6 is 0 Å². The summed E-state index contributed by atoms with van der Waals surface area (Å²) in [6, 6.07) is 5.65. The van der Waals surface area contributed by atoms with Gasteiger partial charge in [0.2, 0.25) is 5.91 Å². The first-order valence-corrected chi connectivity index (χ1v) is 9.55. The molecule has 2 atom stereocenters. The lowest BCUT2D eigenvalue weighted by molar-refractivity contribution is -0.131. The molecular weight excluding hydrogens is 338 g/mol. The number of likely N-dealkylation sites (tertiary alicyclic amines) is 1. The van der Waals surface area contributed by atoms with E-state index >= 15 is 0 Å². The Kier molecular flexibility index (Phi) is 5.68. The summed E-state index contributed by atoms with van der Waals surface area (Å²) in [5, 5.41) is 12.7. The lowest BCUT2D eigenvalue weighted by atomic mass is 9.89. The van der Waals surface area contributed by atoms with Crippen LogP contribution in [0.5, 0.6) is 0 Å². The Balaban J connectivity index is 1.55. The second-order valence-electron chi connectivity index (χ2n) is 7.80. The molecule has 6 nitrogen and oxygen atoms in total. The van der Waals surface area contributed by atoms with Crippen LogP contribution in [0.1, 0.15) is 38.2 Å². The summed E-state index contributed by atoms with van der Waals surface area (Å²) >= 11 is 0. The average Bonchev–Trinajstić information content (AvgIpc) is 3.10. The number of rotatable bonds is 4. The van der Waals surface area contributed by atoms with Crippen molar-refractivity contribution in [3.8, 4) is 18.4 Å². The van der Waals surface area contributed by atoms with Crippen LogP contribution in [0.2, 0.25) is 0 Å². The van der Waals surface area contributed by atoms with Crippen LogP contribution in [0.25, 0.3) is 0 Å². The van der Waals surface area contributed by atoms with E-state index in [1.54, 1.807) is 4.90 Å². The summed E-state index contributed by atoms with van der Waals surface area (Å²) in [4.78, 5) is 21.0. The van der Waals surface area contributed by atoms with Crippen molar-refractivity contribution in [1.29, 1.82) is 5.26 Å². The zero-order valence-electron chi connectivity index (χ0n) is 16.1. The molecule has 0 bridgehead atoms. The van der Waals surface area contributed by atoms with E-state index in [-0.39, 0.29) is 24.0 Å². The van der Waals surface area contributed by atoms with Crippen molar-refractivity contribution in [2.45, 2.75) is 57.2 Å². The number of hydrogen-bond donors (Lipinski definition) is 1. The third kappa shape index (κ3) is 4.23. The molecule has 2 aliphatic rings. The maximum absolute atomic E-state index is 12.7. The number of terminal acetylenes is 1. The maximum atomic E-state index is 12.7. The Morgan fingerprint density at radius 2 is 2.11 bits per heavy atom. The van der Waals surface area contributed by atoms with Crippen LogP contribution in [0, 0.1) is 30.6 Å². The molecule has 0 saturated carbocycles. The molecule has 3 rings (SSSR count). The van der Waals surface area contributed by atoms with Crippen molar-refractivity contribution in [1.82, 2.24) is 15.2 Å². The van der Waals surface area contributed by atoms with Crippen LogP contribution in [0.4, 0.5) is 5.82 Å². The van der Waals surface area contributed by atoms with Crippen LogP contribution in [-0.4, -0.2) is 53.0 Å². The van der Waals surface area contributed by atoms with Crippen molar-refractivity contribution in [3.63, 3.8) is 0 Å². The van der Waals surface area contributed by atoms with Crippen molar-refractivity contribution in [3.05, 3.63) is 23.9 Å². The molecule has 1 aromatic rings. The highest BCUT2D eigenvalue weighted by Crippen LogP contribution is 2.26. The molecule has 0 spiro atoms. The zero-order valence-corrected chi connectivity index (χ0v) is 16.1. The van der Waals surface area contributed by atoms with E-state index in [0.717, 1.165) is 31.7 Å². The second kappa shape index (κ2) is 7.98. The third-order valence-corrected chi connectivity index (χ3v) is 5.77. The lowest BCUT2D eigenvalue weighted by Gasteiger charge is -2.41. The van der Waals surface area contributed by atoms with Gasteiger partial charge in [-0.1, -0.05) is 5.92 Å². The minimum absolute atomic E-state index is 0.0778. The normalized spacial score (nSPS) is 24.3. The number of anilines is 1. The first kappa shape index (κ1) is 19.2. The van der Waals surface area contributed by atoms with Gasteiger partial charge in [0, 0.05) is 24.8 Å². The average molecular weight is 365 g/mol. The number of carbonyl (C=O) groups is 1. The fourth-order valence-corrected chi connectivity index (χ4v) is 3.93. The molecule has 1 amide bonds. The highest BCUT2D eigenvalue weighted by Gasteiger charge is 2.37. The van der Waals surface area contributed by atoms with E-state index in [4.69, 9.17) is 6.42 Å². The van der Waals surface area contributed by atoms with Crippen LogP contribution in [0.3, 0.4) is 0 Å². The van der Waals surface area contributed by atoms with Crippen LogP contribution in [-0.2, 0) is 4.79 Å². The summed E-state index contributed by atoms with van der Waals surface area (Å²) in [5.74, 6) is 3.58. The first-order valence-electron chi connectivity index (χ1n) is 9.55. The van der Waals surface area contributed by atoms with Gasteiger partial charge in [0.1, 0.15) is 11.9 Å². The summed E-state index contributed by atoms with van der Waals surface area (Å²) < 4.78 is 0. The predicted molar refractivity (Wildman–Crippen MR) is 105 cm³/mol. The van der Waals surface area contributed by atoms with Gasteiger partial charge >= 0.3 is 0 Å². The Labute approximate surface area is 161 Å². The number of aromatic nitrogens is 1. The van der Waals surface area contributed by atoms with Crippen molar-refractivity contribution >= 4 is 11.7 Å². The summed E-state index contributed by atoms with van der Waals surface area (Å²) in [6.45, 7) is 6.24. The molecule has 142 valence electrons. The van der Waals surface area contributed by atoms with E-state index < -0.39 is 6.04 Å². The summed E-state index contributed by atoms with van der Waals surface area (Å²) in [5.41, 5.74) is 1.10. The number of aryl methyl sites for hydroxylation is 1. The minimum atomic E-state index is -0.401. The molecule has 1 N–H and O–H groups in total. The molecule has 2 fully saturated rings. The third-order valence-electron chi connectivity index (χ3n) is 5.77. The molecular formula is C21H27N5O. The Morgan fingerprint density at radius 3 is 2.74 bits per heavy atom. The monoisotopic (exact) mass is 365 g/mol. The van der Waals surface area contributed by atoms with Crippen LogP contribution < -0.4 is 10.2 Å². The standard InChI is InChI=1S/C21H27N5O/c1-4-17-5-6-18(14-22)26(17)20(27)15-24-21(3)8-11-25(12-9-21)19-13-16(2)7-10-23-19/h1,7,10,13,17-18,24H,5-6,8-9,11-12,15H2,2-3H3/t17-,18-/m0/s1. The number of nitrogens with zero attached hydrogens (tertiary/aromatic N) is 4. The molecule has 6 heteroatoms. The predicted octanol–water partition coefficient (Wildman–Crippen LogP) is 1.85. The quantitative estimate of drug-likeness (QED) is 0.825. The number of hydrogen-bond acceptors (Lipinski definition) is 5. The SMILES string of the molecule is C#C[C@H]1CC[C@@H](C#N)N1C(=O)CNC1(C)CCN(c2cc(C)ccn2)CC1. The number of nitrogens with one attached hydrogen (secondary N) is 1. The van der Waals surface area contributed by atoms with Gasteiger partial charge in [0.25, 0.3) is 0 Å². The van der Waals surface area contributed by atoms with Gasteiger partial charge in [-0.05, 0) is 57.2 Å². The number of amides is 1. The van der Waals surface area contributed by atoms with E-state index in [1.165, 1.54) is 5.56 Å². The number of nitriles is 1. The Hall–Kier alpha value is -2.57. The van der Waals surface area contributed by atoms with Crippen molar-refractivity contribution < 1.29 is 4.79 Å². The molecule has 1 aromatic heterocycles. The number of piperidine rings is 1. The van der Waals surface area contributed by atoms with E-state index in [1.807, 2.05) is 12.3 Å². The van der Waals surface area contributed by atoms with Crippen molar-refractivity contribution in [2.75, 3.05) is 24.5 Å². The fourth-order valence-electron chi connectivity index (χ4n) is 3.93. The zero-order chi connectivity index (χ0) is 19.4. The smallest absolute Gasteiger partial charge is 0.238 e. The molecule has 0 unspecified atom stereocenters. The number of carbonyl (C=O) groups excluding carboxylic acids is 1. The highest BCUT2D eigenvalue weighted by atomic mass is 16.2. The molecule has 0 aromatic carbocycles. The molecule has 2 saturated heterocycles. The van der Waals surface area contributed by atoms with Gasteiger partial charge in [0.15, 0.2) is 0 Å². The lowest BCUT2D eigenvalue weighted by Crippen LogP contribution is -2.55. The Bertz CT molecular complexity index is 748. The van der Waals surface area contributed by atoms with Crippen molar-refractivity contribution in [2.24, 2.45) is 0 Å². The Morgan fingerprint density at radius 1 is 1.41 bits per heavy atom. The molecule has 0 aliphatic carbocycles. The van der Waals surface area contributed by atoms with Gasteiger partial charge in [-0.2, -0.15) is 5.26 Å². The topological polar surface area (TPSA) is 72.3 Å². The van der Waals surface area contributed by atoms with Gasteiger partial charge in [0.05, 0.1) is 18.7 Å².